The summed E-state index contributed by atoms with van der Waals surface area (Å²) in [4.78, 5) is 7.03. The Balaban J connectivity index is 1.10. The van der Waals surface area contributed by atoms with Crippen molar-refractivity contribution in [1.29, 1.82) is 0 Å². The molecule has 3 aliphatic rings. The summed E-state index contributed by atoms with van der Waals surface area (Å²) in [5, 5.41) is 16.0. The maximum atomic E-state index is 11.3. The van der Waals surface area contributed by atoms with E-state index in [-0.39, 0.29) is 0 Å². The molecule has 7 heteroatoms. The number of nitrogens with zero attached hydrogens (tertiary/aromatic N) is 2. The van der Waals surface area contributed by atoms with Crippen molar-refractivity contribution < 1.29 is 19.3 Å². The summed E-state index contributed by atoms with van der Waals surface area (Å²) < 4.78 is 16.7. The summed E-state index contributed by atoms with van der Waals surface area (Å²) in [5.41, 5.74) is 3.03. The number of pyridine rings is 1. The fraction of sp³-hybridized carbons (Fsp3) is 0.464. The molecule has 0 saturated carbocycles. The molecule has 2 aromatic carbocycles. The molecule has 3 aliphatic heterocycles. The molecule has 6 rings (SSSR count). The smallest absolute Gasteiger partial charge is 0.161 e. The summed E-state index contributed by atoms with van der Waals surface area (Å²) in [7, 11) is 1.64. The standard InChI is InChI=1S/C28H33N3O4/c1-33-22-14-24-23(3-2-4-25(24)30-16-22)26(32)17-31-20-6-7-21(31)13-19(12-20)29-15-18-5-8-27-28(11-18)35-10-9-34-27/h2-5,8,11,14,16,19-21,26,29,32H,6-7,9-10,12-13,15,17H2,1H3. The second-order valence-electron chi connectivity index (χ2n) is 9.91. The predicted molar refractivity (Wildman–Crippen MR) is 134 cm³/mol. The third-order valence-corrected chi connectivity index (χ3v) is 7.80. The van der Waals surface area contributed by atoms with Crippen molar-refractivity contribution in [3.63, 3.8) is 0 Å². The molecule has 3 atom stereocenters. The van der Waals surface area contributed by atoms with Gasteiger partial charge < -0.3 is 24.6 Å². The van der Waals surface area contributed by atoms with Crippen LogP contribution in [0.25, 0.3) is 10.9 Å². The van der Waals surface area contributed by atoms with Crippen LogP contribution in [0.1, 0.15) is 42.9 Å². The molecule has 7 nitrogen and oxygen atoms in total. The first-order valence-electron chi connectivity index (χ1n) is 12.7. The number of fused-ring (bicyclic) bond motifs is 4. The Morgan fingerprint density at radius 2 is 1.89 bits per heavy atom. The molecule has 0 amide bonds. The quantitative estimate of drug-likeness (QED) is 0.538. The topological polar surface area (TPSA) is 76.1 Å². The number of piperidine rings is 1. The van der Waals surface area contributed by atoms with Crippen LogP contribution in [-0.4, -0.2) is 60.0 Å². The molecule has 35 heavy (non-hydrogen) atoms. The van der Waals surface area contributed by atoms with Crippen molar-refractivity contribution in [2.45, 2.75) is 56.5 Å². The minimum absolute atomic E-state index is 0.486. The average Bonchev–Trinajstić information content (AvgIpc) is 3.12. The maximum absolute atomic E-state index is 11.3. The SMILES string of the molecule is COc1cnc2cccc(C(O)CN3C4CCC3CC(NCc3ccc5c(c3)OCCO5)C4)c2c1. The van der Waals surface area contributed by atoms with Crippen LogP contribution >= 0.6 is 0 Å². The molecule has 2 fully saturated rings. The Morgan fingerprint density at radius 1 is 1.09 bits per heavy atom. The van der Waals surface area contributed by atoms with Crippen molar-refractivity contribution in [3.8, 4) is 17.2 Å². The minimum Gasteiger partial charge on any atom is -0.495 e. The monoisotopic (exact) mass is 475 g/mol. The molecule has 0 aliphatic carbocycles. The largest absolute Gasteiger partial charge is 0.495 e. The van der Waals surface area contributed by atoms with Crippen LogP contribution in [-0.2, 0) is 6.54 Å². The van der Waals surface area contributed by atoms with E-state index < -0.39 is 6.10 Å². The van der Waals surface area contributed by atoms with E-state index in [4.69, 9.17) is 14.2 Å². The summed E-state index contributed by atoms with van der Waals surface area (Å²) >= 11 is 0. The van der Waals surface area contributed by atoms with Crippen LogP contribution < -0.4 is 19.5 Å². The molecule has 3 unspecified atom stereocenters. The molecule has 1 aromatic heterocycles. The van der Waals surface area contributed by atoms with Gasteiger partial charge in [-0.3, -0.25) is 9.88 Å². The first-order valence-corrected chi connectivity index (χ1v) is 12.7. The number of ether oxygens (including phenoxy) is 3. The van der Waals surface area contributed by atoms with Gasteiger partial charge >= 0.3 is 0 Å². The number of aliphatic hydroxyl groups is 1. The fourth-order valence-corrected chi connectivity index (χ4v) is 6.05. The van der Waals surface area contributed by atoms with Crippen LogP contribution in [0, 0.1) is 0 Å². The Hall–Kier alpha value is -2.87. The lowest BCUT2D eigenvalue weighted by Crippen LogP contribution is -2.50. The lowest BCUT2D eigenvalue weighted by Gasteiger charge is -2.40. The van der Waals surface area contributed by atoms with Gasteiger partial charge in [0.2, 0.25) is 0 Å². The van der Waals surface area contributed by atoms with Crippen LogP contribution in [0.2, 0.25) is 0 Å². The van der Waals surface area contributed by atoms with Gasteiger partial charge in [-0.15, -0.1) is 0 Å². The van der Waals surface area contributed by atoms with Gasteiger partial charge in [0.15, 0.2) is 11.5 Å². The number of nitrogens with one attached hydrogen (secondary N) is 1. The highest BCUT2D eigenvalue weighted by molar-refractivity contribution is 5.83. The third-order valence-electron chi connectivity index (χ3n) is 7.80. The molecule has 2 saturated heterocycles. The van der Waals surface area contributed by atoms with Crippen LogP contribution in [0.3, 0.4) is 0 Å². The van der Waals surface area contributed by atoms with Crippen molar-refractivity contribution in [3.05, 3.63) is 59.8 Å². The van der Waals surface area contributed by atoms with E-state index >= 15 is 0 Å². The lowest BCUT2D eigenvalue weighted by molar-refractivity contribution is 0.0522. The summed E-state index contributed by atoms with van der Waals surface area (Å²) in [5.74, 6) is 2.40. The van der Waals surface area contributed by atoms with Crippen molar-refractivity contribution in [2.75, 3.05) is 26.9 Å². The lowest BCUT2D eigenvalue weighted by atomic mass is 9.95. The normalized spacial score (nSPS) is 24.5. The summed E-state index contributed by atoms with van der Waals surface area (Å²) in [6.45, 7) is 2.71. The van der Waals surface area contributed by atoms with Gasteiger partial charge in [0.05, 0.1) is 24.9 Å². The Bertz CT molecular complexity index is 1190. The van der Waals surface area contributed by atoms with E-state index in [1.807, 2.05) is 30.3 Å². The van der Waals surface area contributed by atoms with Gasteiger partial charge in [-0.25, -0.2) is 0 Å². The highest BCUT2D eigenvalue weighted by atomic mass is 16.6. The molecule has 3 aromatic rings. The molecule has 0 spiro atoms. The predicted octanol–water partition coefficient (Wildman–Crippen LogP) is 3.83. The molecule has 4 heterocycles. The van der Waals surface area contributed by atoms with Crippen LogP contribution in [0.15, 0.2) is 48.7 Å². The highest BCUT2D eigenvalue weighted by Gasteiger charge is 2.41. The Morgan fingerprint density at radius 3 is 2.69 bits per heavy atom. The number of methoxy groups -OCH3 is 1. The van der Waals surface area contributed by atoms with Crippen LogP contribution in [0.5, 0.6) is 17.2 Å². The fourth-order valence-electron chi connectivity index (χ4n) is 6.05. The second-order valence-corrected chi connectivity index (χ2v) is 9.91. The van der Waals surface area contributed by atoms with Gasteiger partial charge in [-0.05, 0) is 61.1 Å². The minimum atomic E-state index is -0.557. The van der Waals surface area contributed by atoms with Crippen LogP contribution in [0.4, 0.5) is 0 Å². The molecular formula is C28H33N3O4. The number of rotatable bonds is 7. The van der Waals surface area contributed by atoms with Gasteiger partial charge in [-0.1, -0.05) is 18.2 Å². The van der Waals surface area contributed by atoms with Gasteiger partial charge in [0.1, 0.15) is 19.0 Å². The first-order chi connectivity index (χ1) is 17.2. The van der Waals surface area contributed by atoms with Crippen molar-refractivity contribution in [1.82, 2.24) is 15.2 Å². The van der Waals surface area contributed by atoms with Crippen molar-refractivity contribution >= 4 is 10.9 Å². The summed E-state index contributed by atoms with van der Waals surface area (Å²) in [6.07, 6.45) is 5.78. The van der Waals surface area contributed by atoms with Gasteiger partial charge in [0, 0.05) is 36.6 Å². The first kappa shape index (κ1) is 22.6. The number of benzene rings is 2. The third kappa shape index (κ3) is 4.56. The number of hydrogen-bond donors (Lipinski definition) is 2. The molecule has 2 N–H and O–H groups in total. The average molecular weight is 476 g/mol. The Labute approximate surface area is 206 Å². The molecular weight excluding hydrogens is 442 g/mol. The Kier molecular flexibility index (Phi) is 6.22. The van der Waals surface area contributed by atoms with E-state index in [1.54, 1.807) is 13.3 Å². The van der Waals surface area contributed by atoms with E-state index in [9.17, 15) is 5.11 Å². The zero-order valence-corrected chi connectivity index (χ0v) is 20.2. The number of hydrogen-bond acceptors (Lipinski definition) is 7. The van der Waals surface area contributed by atoms with Gasteiger partial charge in [-0.2, -0.15) is 0 Å². The molecule has 0 radical (unpaired) electrons. The van der Waals surface area contributed by atoms with E-state index in [1.165, 1.54) is 18.4 Å². The van der Waals surface area contributed by atoms with Gasteiger partial charge in [0.25, 0.3) is 0 Å². The van der Waals surface area contributed by atoms with E-state index in [0.717, 1.165) is 47.4 Å². The number of aliphatic hydroxyl groups excluding tert-OH is 1. The highest BCUT2D eigenvalue weighted by Crippen LogP contribution is 2.38. The maximum Gasteiger partial charge on any atom is 0.161 e. The molecule has 184 valence electrons. The molecule has 2 bridgehead atoms. The van der Waals surface area contributed by atoms with Crippen molar-refractivity contribution in [2.24, 2.45) is 0 Å². The second kappa shape index (κ2) is 9.64. The zero-order valence-electron chi connectivity index (χ0n) is 20.2. The number of aromatic nitrogens is 1. The zero-order chi connectivity index (χ0) is 23.8. The van der Waals surface area contributed by atoms with E-state index in [0.29, 0.717) is 43.6 Å². The summed E-state index contributed by atoms with van der Waals surface area (Å²) in [6, 6.07) is 15.7. The van der Waals surface area contributed by atoms with E-state index in [2.05, 4.69) is 27.3 Å².